The lowest BCUT2D eigenvalue weighted by molar-refractivity contribution is -0.121. The Labute approximate surface area is 173 Å². The van der Waals surface area contributed by atoms with Gasteiger partial charge in [-0.05, 0) is 72.7 Å². The Kier molecular flexibility index (Phi) is 7.52. The topological polar surface area (TPSA) is 63.1 Å². The van der Waals surface area contributed by atoms with Crippen LogP contribution >= 0.6 is 11.8 Å². The Morgan fingerprint density at radius 2 is 1.75 bits per heavy atom. The first-order valence-electron chi connectivity index (χ1n) is 9.97. The third kappa shape index (κ3) is 5.50. The molecule has 6 nitrogen and oxygen atoms in total. The van der Waals surface area contributed by atoms with Crippen LogP contribution in [0.2, 0.25) is 0 Å². The molecule has 1 atom stereocenters. The zero-order chi connectivity index (χ0) is 20.9. The quantitative estimate of drug-likeness (QED) is 0.669. The van der Waals surface area contributed by atoms with Crippen molar-refractivity contribution in [2.45, 2.75) is 71.0 Å². The molecule has 1 heterocycles. The number of hydrogen-bond acceptors (Lipinski definition) is 5. The van der Waals surface area contributed by atoms with Crippen LogP contribution in [0.5, 0.6) is 0 Å². The summed E-state index contributed by atoms with van der Waals surface area (Å²) in [6, 6.07) is 8.44. The number of anilines is 1. The summed E-state index contributed by atoms with van der Waals surface area (Å²) in [4.78, 5) is 14.7. The van der Waals surface area contributed by atoms with Crippen LogP contribution in [0.15, 0.2) is 29.4 Å². The Morgan fingerprint density at radius 3 is 2.25 bits per heavy atom. The smallest absolute Gasteiger partial charge is 0.233 e. The Bertz CT molecular complexity index is 775. The number of amides is 1. The Hall–Kier alpha value is -2.02. The van der Waals surface area contributed by atoms with Crippen LogP contribution in [0.3, 0.4) is 0 Å². The first-order valence-corrected chi connectivity index (χ1v) is 10.8. The van der Waals surface area contributed by atoms with E-state index in [9.17, 15) is 4.79 Å². The molecular weight excluding hydrogens is 370 g/mol. The van der Waals surface area contributed by atoms with Gasteiger partial charge < -0.3 is 14.8 Å². The summed E-state index contributed by atoms with van der Waals surface area (Å²) in [6.45, 7) is 16.9. The number of nitrogens with one attached hydrogen (secondary N) is 1. The molecule has 0 saturated heterocycles. The largest absolute Gasteiger partial charge is 0.372 e. The first kappa shape index (κ1) is 22.3. The van der Waals surface area contributed by atoms with Crippen molar-refractivity contribution in [1.29, 1.82) is 0 Å². The van der Waals surface area contributed by atoms with E-state index in [0.29, 0.717) is 0 Å². The SMILES string of the molecule is CCN(CC)c1ccc(-c2nnc(SC(C)C(=O)NC(C)(C)C)n2CC)cc1. The van der Waals surface area contributed by atoms with Gasteiger partial charge in [0.05, 0.1) is 5.25 Å². The van der Waals surface area contributed by atoms with Gasteiger partial charge in [0.1, 0.15) is 0 Å². The minimum absolute atomic E-state index is 0.00767. The number of rotatable bonds is 8. The molecule has 0 bridgehead atoms. The van der Waals surface area contributed by atoms with E-state index >= 15 is 0 Å². The van der Waals surface area contributed by atoms with Crippen LogP contribution in [0.25, 0.3) is 11.4 Å². The molecule has 1 aromatic heterocycles. The summed E-state index contributed by atoms with van der Waals surface area (Å²) in [5.74, 6) is 0.841. The lowest BCUT2D eigenvalue weighted by Crippen LogP contribution is -2.44. The Balaban J connectivity index is 2.20. The van der Waals surface area contributed by atoms with Crippen LogP contribution in [0.1, 0.15) is 48.5 Å². The number of benzene rings is 1. The second kappa shape index (κ2) is 9.45. The highest BCUT2D eigenvalue weighted by atomic mass is 32.2. The van der Waals surface area contributed by atoms with Gasteiger partial charge in [-0.15, -0.1) is 10.2 Å². The van der Waals surface area contributed by atoms with Crippen molar-refractivity contribution < 1.29 is 4.79 Å². The molecule has 0 fully saturated rings. The molecular formula is C21H33N5OS. The van der Waals surface area contributed by atoms with Crippen molar-refractivity contribution in [1.82, 2.24) is 20.1 Å². The second-order valence-corrected chi connectivity index (χ2v) is 9.08. The standard InChI is InChI=1S/C21H33N5OS/c1-8-25(9-2)17-13-11-16(12-14-17)18-23-24-20(26(18)10-3)28-15(4)19(27)22-21(5,6)7/h11-15H,8-10H2,1-7H3,(H,22,27). The number of carbonyl (C=O) groups is 1. The van der Waals surface area contributed by atoms with Gasteiger partial charge in [0.15, 0.2) is 11.0 Å². The maximum absolute atomic E-state index is 12.4. The highest BCUT2D eigenvalue weighted by Gasteiger charge is 2.23. The van der Waals surface area contributed by atoms with E-state index in [0.717, 1.165) is 36.2 Å². The van der Waals surface area contributed by atoms with E-state index in [2.05, 4.69) is 70.0 Å². The zero-order valence-corrected chi connectivity index (χ0v) is 18.9. The van der Waals surface area contributed by atoms with Gasteiger partial charge in [-0.25, -0.2) is 0 Å². The Morgan fingerprint density at radius 1 is 1.14 bits per heavy atom. The van der Waals surface area contributed by atoms with Crippen molar-refractivity contribution in [3.05, 3.63) is 24.3 Å². The lowest BCUT2D eigenvalue weighted by Gasteiger charge is -2.23. The third-order valence-electron chi connectivity index (χ3n) is 4.44. The maximum Gasteiger partial charge on any atom is 0.233 e. The summed E-state index contributed by atoms with van der Waals surface area (Å²) < 4.78 is 2.07. The van der Waals surface area contributed by atoms with Gasteiger partial charge in [-0.2, -0.15) is 0 Å². The molecule has 1 N–H and O–H groups in total. The molecule has 2 aromatic rings. The monoisotopic (exact) mass is 403 g/mol. The normalized spacial score (nSPS) is 12.7. The maximum atomic E-state index is 12.4. The summed E-state index contributed by atoms with van der Waals surface area (Å²) in [5, 5.41) is 12.3. The average Bonchev–Trinajstić information content (AvgIpc) is 3.04. The fraction of sp³-hybridized carbons (Fsp3) is 0.571. The van der Waals surface area contributed by atoms with Crippen LogP contribution in [-0.2, 0) is 11.3 Å². The first-order chi connectivity index (χ1) is 13.2. The second-order valence-electron chi connectivity index (χ2n) is 7.77. The minimum Gasteiger partial charge on any atom is -0.372 e. The van der Waals surface area contributed by atoms with E-state index in [1.807, 2.05) is 27.7 Å². The van der Waals surface area contributed by atoms with Crippen molar-refractivity contribution in [3.8, 4) is 11.4 Å². The van der Waals surface area contributed by atoms with Crippen LogP contribution < -0.4 is 10.2 Å². The number of carbonyl (C=O) groups excluding carboxylic acids is 1. The summed E-state index contributed by atoms with van der Waals surface area (Å²) in [5.41, 5.74) is 1.99. The summed E-state index contributed by atoms with van der Waals surface area (Å²) in [7, 11) is 0. The van der Waals surface area contributed by atoms with Crippen molar-refractivity contribution in [2.75, 3.05) is 18.0 Å². The summed E-state index contributed by atoms with van der Waals surface area (Å²) in [6.07, 6.45) is 0. The number of aromatic nitrogens is 3. The van der Waals surface area contributed by atoms with Gasteiger partial charge in [0, 0.05) is 36.4 Å². The van der Waals surface area contributed by atoms with Gasteiger partial charge in [-0.3, -0.25) is 4.79 Å². The molecule has 2 rings (SSSR count). The van der Waals surface area contributed by atoms with E-state index in [-0.39, 0.29) is 16.7 Å². The lowest BCUT2D eigenvalue weighted by atomic mass is 10.1. The molecule has 1 unspecified atom stereocenters. The van der Waals surface area contributed by atoms with E-state index in [1.165, 1.54) is 17.4 Å². The molecule has 28 heavy (non-hydrogen) atoms. The van der Waals surface area contributed by atoms with Gasteiger partial charge in [0.25, 0.3) is 0 Å². The number of thioether (sulfide) groups is 1. The van der Waals surface area contributed by atoms with Crippen molar-refractivity contribution >= 4 is 23.4 Å². The highest BCUT2D eigenvalue weighted by molar-refractivity contribution is 8.00. The van der Waals surface area contributed by atoms with Crippen LogP contribution in [0, 0.1) is 0 Å². The van der Waals surface area contributed by atoms with E-state index < -0.39 is 0 Å². The molecule has 0 aliphatic carbocycles. The fourth-order valence-electron chi connectivity index (χ4n) is 2.97. The third-order valence-corrected chi connectivity index (χ3v) is 5.52. The predicted octanol–water partition coefficient (Wildman–Crippen LogP) is 4.21. The average molecular weight is 404 g/mol. The van der Waals surface area contributed by atoms with Crippen molar-refractivity contribution in [3.63, 3.8) is 0 Å². The summed E-state index contributed by atoms with van der Waals surface area (Å²) >= 11 is 1.44. The van der Waals surface area contributed by atoms with Crippen LogP contribution in [-0.4, -0.2) is 44.6 Å². The molecule has 0 spiro atoms. The van der Waals surface area contributed by atoms with Gasteiger partial charge >= 0.3 is 0 Å². The molecule has 1 aromatic carbocycles. The minimum atomic E-state index is -0.248. The molecule has 154 valence electrons. The highest BCUT2D eigenvalue weighted by Crippen LogP contribution is 2.28. The zero-order valence-electron chi connectivity index (χ0n) is 18.1. The molecule has 0 aliphatic heterocycles. The van der Waals surface area contributed by atoms with E-state index in [1.54, 1.807) is 0 Å². The molecule has 0 radical (unpaired) electrons. The van der Waals surface area contributed by atoms with Crippen LogP contribution in [0.4, 0.5) is 5.69 Å². The van der Waals surface area contributed by atoms with E-state index in [4.69, 9.17) is 0 Å². The fourth-order valence-corrected chi connectivity index (χ4v) is 3.88. The molecule has 0 saturated carbocycles. The van der Waals surface area contributed by atoms with Crippen molar-refractivity contribution in [2.24, 2.45) is 0 Å². The van der Waals surface area contributed by atoms with Gasteiger partial charge in [0.2, 0.25) is 5.91 Å². The number of hydrogen-bond donors (Lipinski definition) is 1. The molecule has 7 heteroatoms. The molecule has 1 amide bonds. The number of nitrogens with zero attached hydrogens (tertiary/aromatic N) is 4. The van der Waals surface area contributed by atoms with Gasteiger partial charge in [-0.1, -0.05) is 11.8 Å². The molecule has 0 aliphatic rings. The predicted molar refractivity (Wildman–Crippen MR) is 118 cm³/mol.